The molecule has 8 heteroatoms. The van der Waals surface area contributed by atoms with Crippen LogP contribution in [-0.2, 0) is 19.7 Å². The number of pyridine rings is 1. The number of ether oxygens (including phenoxy) is 2. The van der Waals surface area contributed by atoms with Crippen LogP contribution < -0.4 is 4.90 Å². The number of amides is 1. The Balaban J connectivity index is 1.39. The van der Waals surface area contributed by atoms with Crippen molar-refractivity contribution in [2.75, 3.05) is 51.4 Å². The molecular weight excluding hydrogens is 483 g/mol. The monoisotopic (exact) mass is 520 g/mol. The molecule has 0 aliphatic carbocycles. The number of aromatic nitrogens is 1. The van der Waals surface area contributed by atoms with Gasteiger partial charge in [-0.05, 0) is 70.5 Å². The Hall–Kier alpha value is -3.10. The second-order valence-electron chi connectivity index (χ2n) is 10.5. The molecule has 0 atom stereocenters. The summed E-state index contributed by atoms with van der Waals surface area (Å²) in [6.45, 7) is 10.4. The molecule has 4 heterocycles. The van der Waals surface area contributed by atoms with Crippen molar-refractivity contribution in [1.29, 1.82) is 0 Å². The highest BCUT2D eigenvalue weighted by Gasteiger charge is 2.51. The number of allylic oxidation sites excluding steroid dienone is 3. The number of piperidine rings is 1. The molecule has 3 aliphatic heterocycles. The van der Waals surface area contributed by atoms with E-state index < -0.39 is 5.41 Å². The van der Waals surface area contributed by atoms with E-state index in [0.29, 0.717) is 49.6 Å². The molecule has 2 saturated heterocycles. The number of benzene rings is 1. The van der Waals surface area contributed by atoms with Crippen LogP contribution in [0.15, 0.2) is 41.4 Å². The number of carbonyl (C=O) groups excluding carboxylic acids is 1. The third-order valence-corrected chi connectivity index (χ3v) is 8.21. The van der Waals surface area contributed by atoms with Crippen molar-refractivity contribution in [2.45, 2.75) is 50.9 Å². The molecule has 38 heavy (non-hydrogen) atoms. The van der Waals surface area contributed by atoms with Crippen molar-refractivity contribution in [3.8, 4) is 0 Å². The molecule has 3 aliphatic rings. The van der Waals surface area contributed by atoms with Gasteiger partial charge in [0.05, 0.1) is 29.4 Å². The van der Waals surface area contributed by atoms with Crippen molar-refractivity contribution in [2.24, 2.45) is 4.99 Å². The van der Waals surface area contributed by atoms with Gasteiger partial charge in [-0.1, -0.05) is 12.5 Å². The van der Waals surface area contributed by atoms with E-state index in [2.05, 4.69) is 21.6 Å². The predicted octanol–water partition coefficient (Wildman–Crippen LogP) is 5.24. The van der Waals surface area contributed by atoms with Crippen molar-refractivity contribution < 1.29 is 18.7 Å². The first-order valence-electron chi connectivity index (χ1n) is 13.6. The number of nitrogens with zero attached hydrogens (tertiary/aromatic N) is 4. The third kappa shape index (κ3) is 4.99. The summed E-state index contributed by atoms with van der Waals surface area (Å²) in [6.07, 6.45) is 11.2. The largest absolute Gasteiger partial charge is 0.478 e. The number of halogens is 1. The van der Waals surface area contributed by atoms with Crippen LogP contribution in [0, 0.1) is 5.82 Å². The van der Waals surface area contributed by atoms with E-state index in [1.165, 1.54) is 38.4 Å². The maximum absolute atomic E-state index is 15.3. The number of aliphatic imine (C=N–C) groups is 1. The van der Waals surface area contributed by atoms with Crippen LogP contribution in [-0.4, -0.2) is 69.0 Å². The lowest BCUT2D eigenvalue weighted by atomic mass is 9.74. The number of likely N-dealkylation sites (tertiary alicyclic amines) is 1. The SMILES string of the molecule is C=N/C(=C\C=C(/C)c1cc2c3c(cnc2cc1F)N(C)C(=O)C31CCOCC1)OCCCN1CCCCC1. The van der Waals surface area contributed by atoms with E-state index in [4.69, 9.17) is 9.47 Å². The summed E-state index contributed by atoms with van der Waals surface area (Å²) in [5.41, 5.74) is 2.80. The minimum Gasteiger partial charge on any atom is -0.478 e. The molecule has 1 aromatic heterocycles. The third-order valence-electron chi connectivity index (χ3n) is 8.21. The molecule has 0 saturated carbocycles. The van der Waals surface area contributed by atoms with Gasteiger partial charge in [-0.15, -0.1) is 0 Å². The number of likely N-dealkylation sites (N-methyl/N-ethyl adjacent to an activating group) is 1. The first-order chi connectivity index (χ1) is 18.4. The van der Waals surface area contributed by atoms with Crippen LogP contribution in [0.5, 0.6) is 0 Å². The van der Waals surface area contributed by atoms with Crippen molar-refractivity contribution in [3.63, 3.8) is 0 Å². The fourth-order valence-electron chi connectivity index (χ4n) is 6.06. The fraction of sp³-hybridized carbons (Fsp3) is 0.500. The highest BCUT2D eigenvalue weighted by atomic mass is 19.1. The van der Waals surface area contributed by atoms with Gasteiger partial charge in [0.2, 0.25) is 11.8 Å². The highest BCUT2D eigenvalue weighted by Crippen LogP contribution is 2.50. The summed E-state index contributed by atoms with van der Waals surface area (Å²) in [7, 11) is 1.79. The van der Waals surface area contributed by atoms with Gasteiger partial charge >= 0.3 is 0 Å². The molecule has 0 bridgehead atoms. The zero-order valence-corrected chi connectivity index (χ0v) is 22.5. The fourth-order valence-corrected chi connectivity index (χ4v) is 6.06. The minimum atomic E-state index is -0.655. The maximum atomic E-state index is 15.3. The Morgan fingerprint density at radius 2 is 2.00 bits per heavy atom. The Labute approximate surface area is 224 Å². The molecular formula is C30H37FN4O3. The molecule has 0 radical (unpaired) electrons. The molecule has 1 aromatic carbocycles. The van der Waals surface area contributed by atoms with Crippen LogP contribution >= 0.6 is 0 Å². The average Bonchev–Trinajstić information content (AvgIpc) is 3.14. The van der Waals surface area contributed by atoms with Gasteiger partial charge in [0.25, 0.3) is 0 Å². The van der Waals surface area contributed by atoms with E-state index in [-0.39, 0.29) is 11.7 Å². The second kappa shape index (κ2) is 11.3. The zero-order chi connectivity index (χ0) is 26.7. The summed E-state index contributed by atoms with van der Waals surface area (Å²) in [5, 5.41) is 0.811. The number of fused-ring (bicyclic) bond motifs is 4. The van der Waals surface area contributed by atoms with E-state index >= 15 is 4.39 Å². The van der Waals surface area contributed by atoms with E-state index in [9.17, 15) is 4.79 Å². The molecule has 202 valence electrons. The highest BCUT2D eigenvalue weighted by molar-refractivity contribution is 6.12. The van der Waals surface area contributed by atoms with E-state index in [1.54, 1.807) is 30.3 Å². The van der Waals surface area contributed by atoms with Gasteiger partial charge in [0, 0.05) is 55.5 Å². The number of hydrogen-bond donors (Lipinski definition) is 0. The van der Waals surface area contributed by atoms with Crippen molar-refractivity contribution >= 4 is 34.8 Å². The van der Waals surface area contributed by atoms with E-state index in [0.717, 1.165) is 35.2 Å². The molecule has 7 nitrogen and oxygen atoms in total. The first kappa shape index (κ1) is 26.5. The summed E-state index contributed by atoms with van der Waals surface area (Å²) < 4.78 is 26.7. The predicted molar refractivity (Wildman–Crippen MR) is 149 cm³/mol. The lowest BCUT2D eigenvalue weighted by molar-refractivity contribution is -0.126. The van der Waals surface area contributed by atoms with Crippen molar-refractivity contribution in [1.82, 2.24) is 9.88 Å². The van der Waals surface area contributed by atoms with E-state index in [1.807, 2.05) is 13.0 Å². The molecule has 2 aromatic rings. The minimum absolute atomic E-state index is 0.0605. The standard InChI is InChI=1S/C30H37FN4O3/c1-21(8-9-27(32-2)38-15-7-14-35-12-5-4-6-13-35)22-18-23-25(19-24(22)31)33-20-26-28(23)30(29(36)34(26)3)10-16-37-17-11-30/h8-9,18-20H,2,4-7,10-17H2,1,3H3/b21-8+,27-9+. The molecule has 1 amide bonds. The average molecular weight is 521 g/mol. The maximum Gasteiger partial charge on any atom is 0.237 e. The van der Waals surface area contributed by atoms with Crippen LogP contribution in [0.2, 0.25) is 0 Å². The van der Waals surface area contributed by atoms with Gasteiger partial charge in [0.1, 0.15) is 5.82 Å². The van der Waals surface area contributed by atoms with Crippen LogP contribution in [0.1, 0.15) is 56.6 Å². The van der Waals surface area contributed by atoms with Gasteiger partial charge in [-0.25, -0.2) is 9.38 Å². The van der Waals surface area contributed by atoms with Gasteiger partial charge < -0.3 is 19.3 Å². The Bertz CT molecular complexity index is 1280. The van der Waals surface area contributed by atoms with Crippen LogP contribution in [0.25, 0.3) is 16.5 Å². The smallest absolute Gasteiger partial charge is 0.237 e. The number of rotatable bonds is 8. The lowest BCUT2D eigenvalue weighted by Gasteiger charge is -2.32. The molecule has 0 N–H and O–H groups in total. The second-order valence-corrected chi connectivity index (χ2v) is 10.5. The summed E-state index contributed by atoms with van der Waals surface area (Å²) >= 11 is 0. The summed E-state index contributed by atoms with van der Waals surface area (Å²) in [6, 6.07) is 3.30. The van der Waals surface area contributed by atoms with Crippen LogP contribution in [0.4, 0.5) is 10.1 Å². The van der Waals surface area contributed by atoms with Gasteiger partial charge in [-0.3, -0.25) is 9.78 Å². The van der Waals surface area contributed by atoms with Gasteiger partial charge in [0.15, 0.2) is 0 Å². The van der Waals surface area contributed by atoms with Crippen molar-refractivity contribution in [3.05, 3.63) is 53.3 Å². The molecule has 2 fully saturated rings. The number of carbonyl (C=O) groups is 1. The molecule has 1 spiro atoms. The normalized spacial score (nSPS) is 20.3. The van der Waals surface area contributed by atoms with Crippen LogP contribution in [0.3, 0.4) is 0 Å². The number of anilines is 1. The summed E-state index contributed by atoms with van der Waals surface area (Å²) in [5.74, 6) is 0.117. The summed E-state index contributed by atoms with van der Waals surface area (Å²) in [4.78, 5) is 26.1. The Morgan fingerprint density at radius 3 is 2.74 bits per heavy atom. The zero-order valence-electron chi connectivity index (χ0n) is 22.5. The quantitative estimate of drug-likeness (QED) is 0.206. The molecule has 0 unspecified atom stereocenters. The topological polar surface area (TPSA) is 67.3 Å². The lowest BCUT2D eigenvalue weighted by Crippen LogP contribution is -2.43. The Morgan fingerprint density at radius 1 is 1.24 bits per heavy atom. The first-order valence-corrected chi connectivity index (χ1v) is 13.6. The molecule has 5 rings (SSSR count). The number of hydrogen-bond acceptors (Lipinski definition) is 6. The Kier molecular flexibility index (Phi) is 7.91. The van der Waals surface area contributed by atoms with Gasteiger partial charge in [-0.2, -0.15) is 0 Å².